The highest BCUT2D eigenvalue weighted by Gasteiger charge is 0.836. The summed E-state index contributed by atoms with van der Waals surface area (Å²) in [6.45, 7) is 0. The van der Waals surface area contributed by atoms with Gasteiger partial charge in [0.15, 0.2) is 0 Å². The lowest BCUT2D eigenvalue weighted by Crippen LogP contribution is -1.69. The van der Waals surface area contributed by atoms with Crippen molar-refractivity contribution in [3.8, 4) is 0 Å². The molecule has 0 aliphatic carbocycles. The van der Waals surface area contributed by atoms with E-state index in [9.17, 15) is 0 Å². The fourth-order valence-electron chi connectivity index (χ4n) is 0. The Hall–Kier alpha value is 0.420. The number of rotatable bonds is 0. The lowest BCUT2D eigenvalue weighted by Gasteiger charge is -1.19. The van der Waals surface area contributed by atoms with Crippen LogP contribution < -0.4 is 24.2 Å². The SMILES string of the molecule is CN.Cl.Cl.N.N.N. The lowest BCUT2D eigenvalue weighted by atomic mass is 11.6. The highest BCUT2D eigenvalue weighted by atomic mass is 35.5. The van der Waals surface area contributed by atoms with E-state index in [4.69, 9.17) is 0 Å². The second-order valence-corrected chi connectivity index (χ2v) is 0. The average Bonchev–Trinajstić information content (AvgIpc) is 1.00. The summed E-state index contributed by atoms with van der Waals surface area (Å²) in [5, 5.41) is 0. The van der Waals surface area contributed by atoms with Gasteiger partial charge in [0.1, 0.15) is 0 Å². The van der Waals surface area contributed by atoms with Crippen molar-refractivity contribution >= 4 is 24.8 Å². The third-order valence-electron chi connectivity index (χ3n) is 0. The predicted molar refractivity (Wildman–Crippen MR) is 39.7 cm³/mol. The van der Waals surface area contributed by atoms with Crippen LogP contribution in [0.3, 0.4) is 0 Å². The molecule has 0 spiro atoms. The standard InChI is InChI=1S/CH5N.2ClH.3H3N/c1-2;;;;;/h2H2,1H3;2*1H;3*1H3. The van der Waals surface area contributed by atoms with Crippen LogP contribution in [0.15, 0.2) is 0 Å². The fourth-order valence-corrected chi connectivity index (χ4v) is 0. The van der Waals surface area contributed by atoms with Crippen LogP contribution in [-0.2, 0) is 0 Å². The molecular formula is CH16Cl2N4. The Morgan fingerprint density at radius 1 is 0.714 bits per heavy atom. The van der Waals surface area contributed by atoms with Gasteiger partial charge in [-0.25, -0.2) is 0 Å². The van der Waals surface area contributed by atoms with Crippen LogP contribution in [0, 0.1) is 0 Å². The molecule has 6 heteroatoms. The molecule has 7 heavy (non-hydrogen) atoms. The number of hydrogen-bond acceptors (Lipinski definition) is 4. The van der Waals surface area contributed by atoms with Gasteiger partial charge in [0, 0.05) is 0 Å². The minimum Gasteiger partial charge on any atom is -0.344 e. The highest BCUT2D eigenvalue weighted by Crippen LogP contribution is 0.691. The summed E-state index contributed by atoms with van der Waals surface area (Å²) >= 11 is 0. The van der Waals surface area contributed by atoms with Gasteiger partial charge in [-0.1, -0.05) is 0 Å². The van der Waals surface area contributed by atoms with Crippen LogP contribution in [0.2, 0.25) is 0 Å². The maximum absolute atomic E-state index is 4.50. The first-order valence-corrected chi connectivity index (χ1v) is 0.577. The van der Waals surface area contributed by atoms with Crippen LogP contribution >= 0.6 is 24.8 Å². The van der Waals surface area contributed by atoms with Gasteiger partial charge >= 0.3 is 0 Å². The fraction of sp³-hybridized carbons (Fsp3) is 1.00. The van der Waals surface area contributed by atoms with Crippen LogP contribution in [0.4, 0.5) is 0 Å². The molecule has 0 rings (SSSR count). The third-order valence-corrected chi connectivity index (χ3v) is 0. The van der Waals surface area contributed by atoms with Crippen molar-refractivity contribution in [1.82, 2.24) is 18.5 Å². The molecule has 0 aromatic carbocycles. The molecule has 0 fully saturated rings. The van der Waals surface area contributed by atoms with Crippen molar-refractivity contribution in [3.63, 3.8) is 0 Å². The molecule has 0 heterocycles. The Labute approximate surface area is 56.8 Å². The van der Waals surface area contributed by atoms with Crippen LogP contribution in [0.1, 0.15) is 0 Å². The van der Waals surface area contributed by atoms with E-state index in [1.807, 2.05) is 0 Å². The van der Waals surface area contributed by atoms with Gasteiger partial charge in [-0.15, -0.1) is 24.8 Å². The van der Waals surface area contributed by atoms with Gasteiger partial charge in [-0.2, -0.15) is 0 Å². The average molecular weight is 155 g/mol. The summed E-state index contributed by atoms with van der Waals surface area (Å²) in [6.07, 6.45) is 0. The zero-order chi connectivity index (χ0) is 2.00. The zero-order valence-corrected chi connectivity index (χ0v) is 6.15. The van der Waals surface area contributed by atoms with Crippen LogP contribution in [0.5, 0.6) is 0 Å². The Kier molecular flexibility index (Phi) is 23200. The van der Waals surface area contributed by atoms with Crippen LogP contribution in [0.25, 0.3) is 0 Å². The summed E-state index contributed by atoms with van der Waals surface area (Å²) in [4.78, 5) is 0. The summed E-state index contributed by atoms with van der Waals surface area (Å²) < 4.78 is 0. The number of hydrogen-bond donors (Lipinski definition) is 4. The molecule has 0 aliphatic heterocycles. The topological polar surface area (TPSA) is 131 Å². The van der Waals surface area contributed by atoms with E-state index in [1.54, 1.807) is 0 Å². The van der Waals surface area contributed by atoms with E-state index < -0.39 is 0 Å². The molecule has 0 aromatic heterocycles. The number of halogens is 2. The quantitative estimate of drug-likeness (QED) is 0.413. The van der Waals surface area contributed by atoms with Crippen molar-refractivity contribution in [3.05, 3.63) is 0 Å². The molecule has 0 saturated heterocycles. The normalized spacial score (nSPS) is 0.857. The molecular weight excluding hydrogens is 139 g/mol. The van der Waals surface area contributed by atoms with E-state index >= 15 is 0 Å². The molecule has 0 bridgehead atoms. The molecule has 0 saturated carbocycles. The minimum atomic E-state index is 0. The molecule has 0 radical (unpaired) electrons. The highest BCUT2D eigenvalue weighted by molar-refractivity contribution is 5.85. The Balaban J connectivity index is -0.000000000500. The molecule has 0 unspecified atom stereocenters. The Morgan fingerprint density at radius 2 is 0.714 bits per heavy atom. The van der Waals surface area contributed by atoms with E-state index in [0.717, 1.165) is 0 Å². The summed E-state index contributed by atoms with van der Waals surface area (Å²) in [7, 11) is 1.50. The van der Waals surface area contributed by atoms with Crippen LogP contribution in [-0.4, -0.2) is 7.05 Å². The first-order chi connectivity index (χ1) is 1.00. The first kappa shape index (κ1) is 152. The van der Waals surface area contributed by atoms with E-state index in [0.29, 0.717) is 0 Å². The van der Waals surface area contributed by atoms with Gasteiger partial charge < -0.3 is 24.2 Å². The monoisotopic (exact) mass is 154 g/mol. The minimum absolute atomic E-state index is 0. The molecule has 0 amide bonds. The third kappa shape index (κ3) is 711. The van der Waals surface area contributed by atoms with Crippen molar-refractivity contribution in [2.45, 2.75) is 0 Å². The maximum atomic E-state index is 4.50. The first-order valence-electron chi connectivity index (χ1n) is 0.577. The molecule has 0 atom stereocenters. The number of nitrogens with two attached hydrogens (primary N) is 1. The van der Waals surface area contributed by atoms with Crippen molar-refractivity contribution < 1.29 is 0 Å². The van der Waals surface area contributed by atoms with E-state index in [1.165, 1.54) is 7.05 Å². The molecule has 0 aromatic rings. The van der Waals surface area contributed by atoms with Gasteiger partial charge in [0.25, 0.3) is 0 Å². The van der Waals surface area contributed by atoms with E-state index in [2.05, 4.69) is 5.73 Å². The van der Waals surface area contributed by atoms with Crippen molar-refractivity contribution in [1.29, 1.82) is 0 Å². The largest absolute Gasteiger partial charge is 0.344 e. The van der Waals surface area contributed by atoms with Crippen molar-refractivity contribution in [2.75, 3.05) is 7.05 Å². The summed E-state index contributed by atoms with van der Waals surface area (Å²) in [6, 6.07) is 0. The molecule has 11 N–H and O–H groups in total. The van der Waals surface area contributed by atoms with Gasteiger partial charge in [-0.05, 0) is 7.05 Å². The Morgan fingerprint density at radius 3 is 0.714 bits per heavy atom. The van der Waals surface area contributed by atoms with E-state index in [-0.39, 0.29) is 43.3 Å². The van der Waals surface area contributed by atoms with Gasteiger partial charge in [0.2, 0.25) is 0 Å². The summed E-state index contributed by atoms with van der Waals surface area (Å²) in [5.74, 6) is 0. The molecule has 54 valence electrons. The van der Waals surface area contributed by atoms with Crippen molar-refractivity contribution in [2.24, 2.45) is 5.73 Å². The second-order valence-electron chi connectivity index (χ2n) is 0. The molecule has 0 aliphatic rings. The zero-order valence-electron chi connectivity index (χ0n) is 4.52. The predicted octanol–water partition coefficient (Wildman–Crippen LogP) is 0.905. The summed E-state index contributed by atoms with van der Waals surface area (Å²) in [5.41, 5.74) is 4.50. The second kappa shape index (κ2) is 1070. The van der Waals surface area contributed by atoms with Gasteiger partial charge in [-0.3, -0.25) is 0 Å². The lowest BCUT2D eigenvalue weighted by molar-refractivity contribution is 1.48. The molecule has 4 nitrogen and oxygen atoms in total. The Bertz CT molecular complexity index is 9.65. The van der Waals surface area contributed by atoms with Gasteiger partial charge in [0.05, 0.1) is 0 Å². The maximum Gasteiger partial charge on any atom is -0.0195 e. The smallest absolute Gasteiger partial charge is 0.0195 e.